The lowest BCUT2D eigenvalue weighted by molar-refractivity contribution is -0.181. The standard InChI is InChI=1S/C34H51NO5/c1-6-35-20-24(3)11-7-9-23(2)10-8-12-28(22-38)29-15-17-34(32(29)39)31-26(16-18-36)13-14-27(19-33(34,5)40)30(31)25(4)21-37/h8,10-14,21,26-27,29,31-32,35-36,38-40H,2,6-7,9,15-20,22H2,1,3-5H3. The van der Waals surface area contributed by atoms with Crippen molar-refractivity contribution >= 4 is 6.29 Å². The molecule has 0 aromatic carbocycles. The van der Waals surface area contributed by atoms with E-state index >= 15 is 0 Å². The van der Waals surface area contributed by atoms with Crippen LogP contribution in [0.3, 0.4) is 0 Å². The molecule has 6 nitrogen and oxygen atoms in total. The van der Waals surface area contributed by atoms with Gasteiger partial charge in [0.1, 0.15) is 6.29 Å². The Morgan fingerprint density at radius 3 is 2.65 bits per heavy atom. The van der Waals surface area contributed by atoms with Gasteiger partial charge in [0.05, 0.1) is 18.3 Å². The first-order valence-corrected chi connectivity index (χ1v) is 14.9. The number of carbonyl (C=O) groups is 1. The second-order valence-electron chi connectivity index (χ2n) is 12.3. The zero-order valence-electron chi connectivity index (χ0n) is 24.9. The summed E-state index contributed by atoms with van der Waals surface area (Å²) in [7, 11) is 0. The van der Waals surface area contributed by atoms with E-state index in [4.69, 9.17) is 0 Å². The molecule has 6 heteroatoms. The highest BCUT2D eigenvalue weighted by atomic mass is 16.3. The zero-order chi connectivity index (χ0) is 29.5. The van der Waals surface area contributed by atoms with Gasteiger partial charge in [0, 0.05) is 30.4 Å². The van der Waals surface area contributed by atoms with Crippen molar-refractivity contribution in [3.8, 4) is 0 Å². The Bertz CT molecular complexity index is 1060. The van der Waals surface area contributed by atoms with Crippen molar-refractivity contribution in [1.82, 2.24) is 5.32 Å². The Morgan fingerprint density at radius 2 is 2.00 bits per heavy atom. The van der Waals surface area contributed by atoms with Gasteiger partial charge >= 0.3 is 0 Å². The molecule has 0 amide bonds. The topological polar surface area (TPSA) is 110 Å². The Hall–Kier alpha value is -2.09. The van der Waals surface area contributed by atoms with Gasteiger partial charge in [-0.1, -0.05) is 66.7 Å². The number of rotatable bonds is 13. The molecule has 2 bridgehead atoms. The largest absolute Gasteiger partial charge is 0.396 e. The second kappa shape index (κ2) is 14.2. The molecule has 7 unspecified atom stereocenters. The van der Waals surface area contributed by atoms with Crippen molar-refractivity contribution in [3.63, 3.8) is 0 Å². The van der Waals surface area contributed by atoms with Crippen LogP contribution in [-0.2, 0) is 4.79 Å². The lowest BCUT2D eigenvalue weighted by atomic mass is 9.46. The van der Waals surface area contributed by atoms with Gasteiger partial charge in [-0.2, -0.15) is 0 Å². The first kappa shape index (κ1) is 32.4. The highest BCUT2D eigenvalue weighted by Crippen LogP contribution is 2.66. The van der Waals surface area contributed by atoms with Crippen LogP contribution < -0.4 is 5.32 Å². The van der Waals surface area contributed by atoms with Crippen LogP contribution in [0.5, 0.6) is 0 Å². The van der Waals surface area contributed by atoms with E-state index in [1.807, 2.05) is 32.1 Å². The summed E-state index contributed by atoms with van der Waals surface area (Å²) in [6.45, 7) is 13.7. The minimum Gasteiger partial charge on any atom is -0.396 e. The molecule has 0 heterocycles. The molecule has 222 valence electrons. The molecule has 7 atom stereocenters. The Morgan fingerprint density at radius 1 is 1.25 bits per heavy atom. The van der Waals surface area contributed by atoms with E-state index in [-0.39, 0.29) is 36.9 Å². The van der Waals surface area contributed by atoms with Crippen LogP contribution in [0, 0.1) is 29.1 Å². The first-order valence-electron chi connectivity index (χ1n) is 14.9. The summed E-state index contributed by atoms with van der Waals surface area (Å²) in [5, 5.41) is 47.5. The van der Waals surface area contributed by atoms with Crippen LogP contribution in [-0.4, -0.2) is 64.7 Å². The molecule has 1 spiro atoms. The molecule has 0 radical (unpaired) electrons. The van der Waals surface area contributed by atoms with Crippen LogP contribution in [0.4, 0.5) is 0 Å². The summed E-state index contributed by atoms with van der Waals surface area (Å²) in [6, 6.07) is 0. The molecule has 5 N–H and O–H groups in total. The predicted octanol–water partition coefficient (Wildman–Crippen LogP) is 4.58. The first-order chi connectivity index (χ1) is 19.1. The number of fused-ring (bicyclic) bond motifs is 3. The molecule has 40 heavy (non-hydrogen) atoms. The van der Waals surface area contributed by atoms with Gasteiger partial charge in [0.2, 0.25) is 0 Å². The van der Waals surface area contributed by atoms with Gasteiger partial charge in [0.15, 0.2) is 0 Å². The second-order valence-corrected chi connectivity index (χ2v) is 12.3. The Kier molecular flexibility index (Phi) is 11.5. The summed E-state index contributed by atoms with van der Waals surface area (Å²) < 4.78 is 0. The quantitative estimate of drug-likeness (QED) is 0.0989. The van der Waals surface area contributed by atoms with Crippen LogP contribution >= 0.6 is 0 Å². The summed E-state index contributed by atoms with van der Waals surface area (Å²) in [5.41, 5.74) is 2.61. The van der Waals surface area contributed by atoms with Crippen LogP contribution in [0.25, 0.3) is 0 Å². The lowest BCUT2D eigenvalue weighted by Gasteiger charge is -2.60. The maximum absolute atomic E-state index is 12.0. The molecule has 2 fully saturated rings. The lowest BCUT2D eigenvalue weighted by Crippen LogP contribution is -2.63. The van der Waals surface area contributed by atoms with Crippen LogP contribution in [0.15, 0.2) is 70.9 Å². The molecular formula is C34H51NO5. The molecule has 0 aliphatic heterocycles. The van der Waals surface area contributed by atoms with Crippen molar-refractivity contribution in [2.45, 2.75) is 77.9 Å². The van der Waals surface area contributed by atoms with E-state index < -0.39 is 17.1 Å². The molecule has 0 aromatic rings. The molecule has 3 aliphatic carbocycles. The maximum Gasteiger partial charge on any atom is 0.145 e. The third-order valence-electron chi connectivity index (χ3n) is 9.71. The number of aldehydes is 1. The van der Waals surface area contributed by atoms with Gasteiger partial charge < -0.3 is 25.7 Å². The molecule has 3 aliphatic rings. The van der Waals surface area contributed by atoms with Gasteiger partial charge in [0.25, 0.3) is 0 Å². The summed E-state index contributed by atoms with van der Waals surface area (Å²) >= 11 is 0. The van der Waals surface area contributed by atoms with Gasteiger partial charge in [-0.25, -0.2) is 0 Å². The van der Waals surface area contributed by atoms with Crippen molar-refractivity contribution in [3.05, 3.63) is 70.9 Å². The van der Waals surface area contributed by atoms with E-state index in [0.717, 1.165) is 48.9 Å². The fourth-order valence-corrected chi connectivity index (χ4v) is 7.72. The predicted molar refractivity (Wildman–Crippen MR) is 161 cm³/mol. The third-order valence-corrected chi connectivity index (χ3v) is 9.71. The van der Waals surface area contributed by atoms with Crippen LogP contribution in [0.2, 0.25) is 0 Å². The van der Waals surface area contributed by atoms with E-state index in [1.54, 1.807) is 0 Å². The molecule has 0 aromatic heterocycles. The van der Waals surface area contributed by atoms with E-state index in [9.17, 15) is 25.2 Å². The Balaban J connectivity index is 1.85. The summed E-state index contributed by atoms with van der Waals surface area (Å²) in [5.74, 6) is -0.740. The fraction of sp³-hybridized carbons (Fsp3) is 0.618. The SMILES string of the molecule is C=C(C=CC=C(CO)C1CCC2(C1O)C1C(=C(C)C=O)C(C=CC1CCO)CC2(C)O)CCC=C(C)CNCC. The number of hydrogen-bond acceptors (Lipinski definition) is 6. The van der Waals surface area contributed by atoms with Crippen molar-refractivity contribution in [2.24, 2.45) is 29.1 Å². The number of nitrogens with one attached hydrogen (secondary N) is 1. The Labute approximate surface area is 241 Å². The zero-order valence-corrected chi connectivity index (χ0v) is 24.9. The number of allylic oxidation sites excluding steroid dienone is 9. The number of aliphatic hydroxyl groups is 4. The molecular weight excluding hydrogens is 502 g/mol. The van der Waals surface area contributed by atoms with Crippen molar-refractivity contribution in [1.29, 1.82) is 0 Å². The number of hydrogen-bond donors (Lipinski definition) is 5. The molecule has 2 saturated carbocycles. The molecule has 0 saturated heterocycles. The van der Waals surface area contributed by atoms with Crippen LogP contribution in [0.1, 0.15) is 66.2 Å². The van der Waals surface area contributed by atoms with E-state index in [1.165, 1.54) is 5.57 Å². The minimum absolute atomic E-state index is 0.0111. The molecule has 3 rings (SSSR count). The monoisotopic (exact) mass is 553 g/mol. The summed E-state index contributed by atoms with van der Waals surface area (Å²) in [4.78, 5) is 12.0. The van der Waals surface area contributed by atoms with Gasteiger partial charge in [-0.05, 0) is 88.8 Å². The van der Waals surface area contributed by atoms with E-state index in [2.05, 4.69) is 44.0 Å². The highest BCUT2D eigenvalue weighted by Gasteiger charge is 2.67. The van der Waals surface area contributed by atoms with Crippen molar-refractivity contribution < 1.29 is 25.2 Å². The maximum atomic E-state index is 12.0. The van der Waals surface area contributed by atoms with Gasteiger partial charge in [-0.15, -0.1) is 0 Å². The normalized spacial score (nSPS) is 35.5. The average Bonchev–Trinajstić information content (AvgIpc) is 3.27. The number of carbonyl (C=O) groups excluding carboxylic acids is 1. The summed E-state index contributed by atoms with van der Waals surface area (Å²) in [6.07, 6.45) is 16.0. The number of likely N-dealkylation sites (N-methyl/N-ethyl adjacent to an activating group) is 1. The van der Waals surface area contributed by atoms with E-state index in [0.29, 0.717) is 31.3 Å². The van der Waals surface area contributed by atoms with Gasteiger partial charge in [-0.3, -0.25) is 4.79 Å². The minimum atomic E-state index is -1.18. The third kappa shape index (κ3) is 6.52. The smallest absolute Gasteiger partial charge is 0.145 e. The average molecular weight is 554 g/mol. The highest BCUT2D eigenvalue weighted by molar-refractivity contribution is 5.74. The van der Waals surface area contributed by atoms with Crippen molar-refractivity contribution in [2.75, 3.05) is 26.3 Å². The fourth-order valence-electron chi connectivity index (χ4n) is 7.72. The number of aliphatic hydroxyl groups excluding tert-OH is 3.